The molecule has 0 aliphatic heterocycles. The van der Waals surface area contributed by atoms with Crippen LogP contribution in [0.5, 0.6) is 11.5 Å². The van der Waals surface area contributed by atoms with E-state index in [2.05, 4.69) is 0 Å². The van der Waals surface area contributed by atoms with Crippen LogP contribution >= 0.6 is 0 Å². The van der Waals surface area contributed by atoms with Crippen LogP contribution in [0.25, 0.3) is 0 Å². The molecule has 0 atom stereocenters. The van der Waals surface area contributed by atoms with Crippen LogP contribution < -0.4 is 10.5 Å². The van der Waals surface area contributed by atoms with Crippen molar-refractivity contribution in [2.24, 2.45) is 5.73 Å². The first kappa shape index (κ1) is 8.87. The maximum Gasteiger partial charge on any atom is 0.160 e. The lowest BCUT2D eigenvalue weighted by Gasteiger charge is -2.05. The second kappa shape index (κ2) is 4.62. The van der Waals surface area contributed by atoms with Gasteiger partial charge >= 0.3 is 0 Å². The van der Waals surface area contributed by atoms with Crippen LogP contribution in [-0.4, -0.2) is 18.3 Å². The normalized spacial score (nSPS) is 9.75. The van der Waals surface area contributed by atoms with Gasteiger partial charge in [-0.15, -0.1) is 0 Å². The fraction of sp³-hybridized carbons (Fsp3) is 0.333. The lowest BCUT2D eigenvalue weighted by Crippen LogP contribution is -2.05. The molecule has 0 fully saturated rings. The summed E-state index contributed by atoms with van der Waals surface area (Å²) in [5.74, 6) is 0.695. The van der Waals surface area contributed by atoms with E-state index in [1.165, 1.54) is 0 Å². The minimum atomic E-state index is 0.175. The molecule has 0 heterocycles. The molecule has 0 amide bonds. The average Bonchev–Trinajstić information content (AvgIpc) is 2.09. The molecule has 0 radical (unpaired) electrons. The van der Waals surface area contributed by atoms with Gasteiger partial charge in [0.2, 0.25) is 0 Å². The molecule has 1 rings (SSSR count). The van der Waals surface area contributed by atoms with E-state index < -0.39 is 0 Å². The zero-order chi connectivity index (χ0) is 8.81. The summed E-state index contributed by atoms with van der Waals surface area (Å²) >= 11 is 0. The van der Waals surface area contributed by atoms with Gasteiger partial charge in [0.05, 0.1) is 6.61 Å². The van der Waals surface area contributed by atoms with E-state index in [4.69, 9.17) is 10.5 Å². The highest BCUT2D eigenvalue weighted by Gasteiger charge is 1.98. The van der Waals surface area contributed by atoms with Gasteiger partial charge in [-0.25, -0.2) is 0 Å². The molecule has 0 aliphatic rings. The van der Waals surface area contributed by atoms with Gasteiger partial charge in [-0.05, 0) is 25.1 Å². The van der Waals surface area contributed by atoms with Crippen LogP contribution in [0.1, 0.15) is 6.42 Å². The predicted molar refractivity (Wildman–Crippen MR) is 47.3 cm³/mol. The Labute approximate surface area is 71.8 Å². The van der Waals surface area contributed by atoms with Crippen LogP contribution in [0.4, 0.5) is 0 Å². The van der Waals surface area contributed by atoms with Gasteiger partial charge in [-0.2, -0.15) is 0 Å². The molecule has 0 bridgehead atoms. The highest BCUT2D eigenvalue weighted by atomic mass is 16.5. The first-order chi connectivity index (χ1) is 5.84. The number of benzene rings is 1. The molecule has 0 spiro atoms. The zero-order valence-corrected chi connectivity index (χ0v) is 6.86. The van der Waals surface area contributed by atoms with E-state index in [-0.39, 0.29) is 5.75 Å². The number of phenols is 1. The van der Waals surface area contributed by atoms with Crippen molar-refractivity contribution in [1.82, 2.24) is 0 Å². The highest BCUT2D eigenvalue weighted by molar-refractivity contribution is 5.37. The second-order valence-corrected chi connectivity index (χ2v) is 2.46. The van der Waals surface area contributed by atoms with Crippen LogP contribution in [-0.2, 0) is 0 Å². The van der Waals surface area contributed by atoms with E-state index in [0.717, 1.165) is 6.42 Å². The second-order valence-electron chi connectivity index (χ2n) is 2.46. The number of aromatic hydroxyl groups is 1. The summed E-state index contributed by atoms with van der Waals surface area (Å²) in [5.41, 5.74) is 5.29. The van der Waals surface area contributed by atoms with Crippen molar-refractivity contribution in [3.8, 4) is 11.5 Å². The van der Waals surface area contributed by atoms with Gasteiger partial charge in [-0.3, -0.25) is 0 Å². The fourth-order valence-electron chi connectivity index (χ4n) is 0.845. The summed E-state index contributed by atoms with van der Waals surface area (Å²) in [5, 5.41) is 9.25. The minimum absolute atomic E-state index is 0.175. The van der Waals surface area contributed by atoms with Crippen molar-refractivity contribution in [2.75, 3.05) is 13.2 Å². The van der Waals surface area contributed by atoms with E-state index in [0.29, 0.717) is 18.9 Å². The molecule has 0 aromatic heterocycles. The van der Waals surface area contributed by atoms with Crippen LogP contribution in [0.15, 0.2) is 24.3 Å². The van der Waals surface area contributed by atoms with Crippen molar-refractivity contribution in [2.45, 2.75) is 6.42 Å². The smallest absolute Gasteiger partial charge is 0.160 e. The van der Waals surface area contributed by atoms with Crippen molar-refractivity contribution >= 4 is 0 Å². The number of para-hydroxylation sites is 2. The van der Waals surface area contributed by atoms with Crippen LogP contribution in [0.3, 0.4) is 0 Å². The molecular weight excluding hydrogens is 154 g/mol. The molecule has 3 heteroatoms. The van der Waals surface area contributed by atoms with Crippen LogP contribution in [0, 0.1) is 0 Å². The summed E-state index contributed by atoms with van der Waals surface area (Å²) in [6.45, 7) is 1.15. The molecule has 12 heavy (non-hydrogen) atoms. The molecule has 0 aliphatic carbocycles. The molecule has 66 valence electrons. The predicted octanol–water partition coefficient (Wildman–Crippen LogP) is 1.12. The number of hydrogen-bond donors (Lipinski definition) is 2. The average molecular weight is 167 g/mol. The Morgan fingerprint density at radius 2 is 2.08 bits per heavy atom. The number of hydrogen-bond acceptors (Lipinski definition) is 3. The molecule has 0 saturated carbocycles. The number of phenolic OH excluding ortho intramolecular Hbond substituents is 1. The summed E-state index contributed by atoms with van der Waals surface area (Å²) < 4.78 is 5.25. The molecule has 0 unspecified atom stereocenters. The molecule has 3 nitrogen and oxygen atoms in total. The van der Waals surface area contributed by atoms with E-state index in [1.807, 2.05) is 6.07 Å². The molecule has 1 aromatic rings. The first-order valence-corrected chi connectivity index (χ1v) is 3.95. The van der Waals surface area contributed by atoms with E-state index in [1.54, 1.807) is 18.2 Å². The summed E-state index contributed by atoms with van der Waals surface area (Å²) in [4.78, 5) is 0. The quantitative estimate of drug-likeness (QED) is 0.661. The lowest BCUT2D eigenvalue weighted by atomic mass is 10.3. The summed E-state index contributed by atoms with van der Waals surface area (Å²) in [7, 11) is 0. The van der Waals surface area contributed by atoms with Gasteiger partial charge in [0.1, 0.15) is 0 Å². The van der Waals surface area contributed by atoms with E-state index >= 15 is 0 Å². The standard InChI is InChI=1S/C9H13NO2/c10-6-3-7-12-9-5-2-1-4-8(9)11/h1-2,4-5,11H,3,6-7,10H2. The Morgan fingerprint density at radius 3 is 2.75 bits per heavy atom. The topological polar surface area (TPSA) is 55.5 Å². The fourth-order valence-corrected chi connectivity index (χ4v) is 0.845. The van der Waals surface area contributed by atoms with Crippen molar-refractivity contribution < 1.29 is 9.84 Å². The monoisotopic (exact) mass is 167 g/mol. The van der Waals surface area contributed by atoms with Crippen molar-refractivity contribution in [3.05, 3.63) is 24.3 Å². The highest BCUT2D eigenvalue weighted by Crippen LogP contribution is 2.24. The van der Waals surface area contributed by atoms with Gasteiger partial charge in [0, 0.05) is 0 Å². The number of rotatable bonds is 4. The minimum Gasteiger partial charge on any atom is -0.504 e. The van der Waals surface area contributed by atoms with Crippen molar-refractivity contribution in [1.29, 1.82) is 0 Å². The van der Waals surface area contributed by atoms with Gasteiger partial charge in [0.15, 0.2) is 11.5 Å². The third kappa shape index (κ3) is 2.43. The lowest BCUT2D eigenvalue weighted by molar-refractivity contribution is 0.296. The Hall–Kier alpha value is -1.22. The molecule has 3 N–H and O–H groups in total. The Bertz CT molecular complexity index is 238. The summed E-state index contributed by atoms with van der Waals surface area (Å²) in [6.07, 6.45) is 0.800. The van der Waals surface area contributed by atoms with Gasteiger partial charge in [0.25, 0.3) is 0 Å². The maximum atomic E-state index is 9.25. The first-order valence-electron chi connectivity index (χ1n) is 3.95. The van der Waals surface area contributed by atoms with Gasteiger partial charge < -0.3 is 15.6 Å². The maximum absolute atomic E-state index is 9.25. The number of ether oxygens (including phenoxy) is 1. The van der Waals surface area contributed by atoms with Gasteiger partial charge in [-0.1, -0.05) is 12.1 Å². The Balaban J connectivity index is 2.46. The SMILES string of the molecule is NCCCOc1ccccc1O. The molecule has 0 saturated heterocycles. The third-order valence-electron chi connectivity index (χ3n) is 1.47. The molecule has 1 aromatic carbocycles. The van der Waals surface area contributed by atoms with Crippen LogP contribution in [0.2, 0.25) is 0 Å². The Morgan fingerprint density at radius 1 is 1.33 bits per heavy atom. The van der Waals surface area contributed by atoms with E-state index in [9.17, 15) is 5.11 Å². The number of nitrogens with two attached hydrogens (primary N) is 1. The largest absolute Gasteiger partial charge is 0.504 e. The zero-order valence-electron chi connectivity index (χ0n) is 6.86. The molecular formula is C9H13NO2. The Kier molecular flexibility index (Phi) is 3.41. The summed E-state index contributed by atoms with van der Waals surface area (Å²) in [6, 6.07) is 6.90. The third-order valence-corrected chi connectivity index (χ3v) is 1.47. The van der Waals surface area contributed by atoms with Crippen molar-refractivity contribution in [3.63, 3.8) is 0 Å².